The van der Waals surface area contributed by atoms with E-state index >= 15 is 0 Å². The molecule has 2 N–H and O–H groups in total. The molecule has 23 heavy (non-hydrogen) atoms. The Morgan fingerprint density at radius 2 is 1.96 bits per heavy atom. The van der Waals surface area contributed by atoms with Crippen LogP contribution in [0, 0.1) is 5.92 Å². The van der Waals surface area contributed by atoms with Crippen molar-refractivity contribution in [3.8, 4) is 0 Å². The van der Waals surface area contributed by atoms with Gasteiger partial charge in [0.15, 0.2) is 0 Å². The maximum Gasteiger partial charge on any atom is 0.391 e. The number of carbonyl (C=O) groups excluding carboxylic acids is 1. The molecule has 0 aromatic heterocycles. The number of carbonyl (C=O) groups is 1. The highest BCUT2D eigenvalue weighted by molar-refractivity contribution is 5.74. The zero-order valence-electron chi connectivity index (χ0n) is 13.3. The first-order chi connectivity index (χ1) is 10.9. The van der Waals surface area contributed by atoms with Crippen molar-refractivity contribution in [2.45, 2.75) is 44.3 Å². The van der Waals surface area contributed by atoms with Crippen LogP contribution in [0.4, 0.5) is 18.0 Å². The Labute approximate surface area is 134 Å². The zero-order chi connectivity index (χ0) is 16.7. The van der Waals surface area contributed by atoms with Crippen molar-refractivity contribution in [2.24, 2.45) is 5.92 Å². The van der Waals surface area contributed by atoms with Gasteiger partial charge in [0.25, 0.3) is 0 Å². The van der Waals surface area contributed by atoms with E-state index in [-0.39, 0.29) is 24.9 Å². The summed E-state index contributed by atoms with van der Waals surface area (Å²) in [5.41, 5.74) is 0. The summed E-state index contributed by atoms with van der Waals surface area (Å²) in [4.78, 5) is 14.1. The van der Waals surface area contributed by atoms with E-state index in [1.165, 1.54) is 0 Å². The number of alkyl halides is 3. The summed E-state index contributed by atoms with van der Waals surface area (Å²) in [6, 6.07) is -0.741. The molecule has 1 aliphatic carbocycles. The molecule has 5 nitrogen and oxygen atoms in total. The molecule has 8 heteroatoms. The minimum absolute atomic E-state index is 0.00923. The number of amides is 2. The van der Waals surface area contributed by atoms with Crippen molar-refractivity contribution in [2.75, 3.05) is 39.4 Å². The third-order valence-corrected chi connectivity index (χ3v) is 4.51. The molecule has 2 atom stereocenters. The van der Waals surface area contributed by atoms with E-state index in [1.807, 2.05) is 0 Å². The molecule has 0 bridgehead atoms. The first-order valence-corrected chi connectivity index (χ1v) is 8.36. The minimum atomic E-state index is -4.16. The number of nitrogens with one attached hydrogen (secondary N) is 2. The van der Waals surface area contributed by atoms with Crippen LogP contribution in [0.1, 0.15) is 32.1 Å². The van der Waals surface area contributed by atoms with Crippen LogP contribution in [0.5, 0.6) is 0 Å². The fourth-order valence-corrected chi connectivity index (χ4v) is 3.18. The second-order valence-electron chi connectivity index (χ2n) is 6.31. The summed E-state index contributed by atoms with van der Waals surface area (Å²) >= 11 is 0. The third-order valence-electron chi connectivity index (χ3n) is 4.51. The van der Waals surface area contributed by atoms with E-state index in [1.54, 1.807) is 0 Å². The molecular weight excluding hydrogens is 311 g/mol. The minimum Gasteiger partial charge on any atom is -0.379 e. The molecule has 134 valence electrons. The van der Waals surface area contributed by atoms with E-state index in [9.17, 15) is 18.0 Å². The lowest BCUT2D eigenvalue weighted by molar-refractivity contribution is -0.183. The Balaban J connectivity index is 1.58. The average Bonchev–Trinajstić information content (AvgIpc) is 2.52. The van der Waals surface area contributed by atoms with Crippen LogP contribution in [0.15, 0.2) is 0 Å². The lowest BCUT2D eigenvalue weighted by Crippen LogP contribution is -2.46. The fourth-order valence-electron chi connectivity index (χ4n) is 3.18. The molecule has 0 spiro atoms. The van der Waals surface area contributed by atoms with Crippen molar-refractivity contribution >= 4 is 6.03 Å². The predicted molar refractivity (Wildman–Crippen MR) is 80.2 cm³/mol. The Morgan fingerprint density at radius 1 is 1.22 bits per heavy atom. The van der Waals surface area contributed by atoms with E-state index in [0.717, 1.165) is 39.3 Å². The van der Waals surface area contributed by atoms with Gasteiger partial charge in [0.1, 0.15) is 0 Å². The number of hydrogen-bond donors (Lipinski definition) is 2. The van der Waals surface area contributed by atoms with Crippen molar-refractivity contribution in [1.82, 2.24) is 15.5 Å². The fraction of sp³-hybridized carbons (Fsp3) is 0.933. The molecule has 2 rings (SSSR count). The van der Waals surface area contributed by atoms with Crippen LogP contribution in [-0.2, 0) is 4.74 Å². The van der Waals surface area contributed by atoms with Crippen LogP contribution in [0.2, 0.25) is 0 Å². The van der Waals surface area contributed by atoms with E-state index in [2.05, 4.69) is 15.5 Å². The van der Waals surface area contributed by atoms with Crippen LogP contribution < -0.4 is 10.6 Å². The maximum atomic E-state index is 12.7. The monoisotopic (exact) mass is 337 g/mol. The van der Waals surface area contributed by atoms with Gasteiger partial charge in [-0.1, -0.05) is 6.42 Å². The molecule has 1 saturated carbocycles. The van der Waals surface area contributed by atoms with E-state index < -0.39 is 12.1 Å². The topological polar surface area (TPSA) is 53.6 Å². The van der Waals surface area contributed by atoms with Crippen molar-refractivity contribution in [1.29, 1.82) is 0 Å². The quantitative estimate of drug-likeness (QED) is 0.756. The zero-order valence-corrected chi connectivity index (χ0v) is 13.3. The molecule has 0 aromatic rings. The van der Waals surface area contributed by atoms with Crippen molar-refractivity contribution in [3.05, 3.63) is 0 Å². The standard InChI is InChI=1S/C15H26F3N3O2/c16-15(17,18)12-3-1-4-13(11-12)20-14(22)19-5-2-6-21-7-9-23-10-8-21/h12-13H,1-11H2,(H2,19,20,22). The van der Waals surface area contributed by atoms with Crippen molar-refractivity contribution < 1.29 is 22.7 Å². The average molecular weight is 337 g/mol. The van der Waals surface area contributed by atoms with Gasteiger partial charge in [0.05, 0.1) is 19.1 Å². The maximum absolute atomic E-state index is 12.7. The van der Waals surface area contributed by atoms with Gasteiger partial charge in [-0.3, -0.25) is 4.90 Å². The first kappa shape index (κ1) is 18.3. The molecule has 1 aliphatic heterocycles. The molecule has 0 aromatic carbocycles. The highest BCUT2D eigenvalue weighted by atomic mass is 19.4. The summed E-state index contributed by atoms with van der Waals surface area (Å²) < 4.78 is 43.5. The first-order valence-electron chi connectivity index (χ1n) is 8.36. The largest absolute Gasteiger partial charge is 0.391 e. The molecule has 2 amide bonds. The van der Waals surface area contributed by atoms with Gasteiger partial charge in [-0.25, -0.2) is 4.79 Å². The van der Waals surface area contributed by atoms with Gasteiger partial charge >= 0.3 is 12.2 Å². The number of morpholine rings is 1. The number of rotatable bonds is 5. The normalized spacial score (nSPS) is 26.7. The highest BCUT2D eigenvalue weighted by Crippen LogP contribution is 2.37. The summed E-state index contributed by atoms with van der Waals surface area (Å²) in [7, 11) is 0. The highest BCUT2D eigenvalue weighted by Gasteiger charge is 2.42. The third kappa shape index (κ3) is 6.55. The van der Waals surface area contributed by atoms with Crippen LogP contribution in [-0.4, -0.2) is 62.5 Å². The summed E-state index contributed by atoms with van der Waals surface area (Å²) in [6.07, 6.45) is -2.05. The Hall–Kier alpha value is -1.02. The second-order valence-corrected chi connectivity index (χ2v) is 6.31. The molecular formula is C15H26F3N3O2. The molecule has 1 saturated heterocycles. The number of ether oxygens (including phenoxy) is 1. The Morgan fingerprint density at radius 3 is 2.65 bits per heavy atom. The van der Waals surface area contributed by atoms with Crippen LogP contribution in [0.25, 0.3) is 0 Å². The van der Waals surface area contributed by atoms with Crippen LogP contribution >= 0.6 is 0 Å². The molecule has 1 heterocycles. The lowest BCUT2D eigenvalue weighted by atomic mass is 9.85. The number of urea groups is 1. The lowest BCUT2D eigenvalue weighted by Gasteiger charge is -2.31. The summed E-state index contributed by atoms with van der Waals surface area (Å²) in [6.45, 7) is 4.73. The molecule has 0 radical (unpaired) electrons. The Kier molecular flexibility index (Phi) is 6.95. The molecule has 2 fully saturated rings. The smallest absolute Gasteiger partial charge is 0.379 e. The van der Waals surface area contributed by atoms with Gasteiger partial charge in [-0.15, -0.1) is 0 Å². The number of nitrogens with zero attached hydrogens (tertiary/aromatic N) is 1. The van der Waals surface area contributed by atoms with Gasteiger partial charge < -0.3 is 15.4 Å². The second kappa shape index (κ2) is 8.73. The summed E-state index contributed by atoms with van der Waals surface area (Å²) in [5.74, 6) is -1.29. The Bertz CT molecular complexity index is 373. The number of hydrogen-bond acceptors (Lipinski definition) is 3. The van der Waals surface area contributed by atoms with Gasteiger partial charge in [0, 0.05) is 25.7 Å². The summed E-state index contributed by atoms with van der Waals surface area (Å²) in [5, 5.41) is 5.41. The molecule has 2 unspecified atom stereocenters. The number of halogens is 3. The predicted octanol–water partition coefficient (Wildman–Crippen LogP) is 2.13. The van der Waals surface area contributed by atoms with E-state index in [4.69, 9.17) is 4.74 Å². The van der Waals surface area contributed by atoms with Crippen molar-refractivity contribution in [3.63, 3.8) is 0 Å². The van der Waals surface area contributed by atoms with E-state index in [0.29, 0.717) is 19.4 Å². The molecule has 2 aliphatic rings. The van der Waals surface area contributed by atoms with Gasteiger partial charge in [-0.2, -0.15) is 13.2 Å². The van der Waals surface area contributed by atoms with Crippen LogP contribution in [0.3, 0.4) is 0 Å². The van der Waals surface area contributed by atoms with Gasteiger partial charge in [-0.05, 0) is 32.2 Å². The SMILES string of the molecule is O=C(NCCCN1CCOCC1)NC1CCCC(C(F)(F)F)C1. The van der Waals surface area contributed by atoms with Gasteiger partial charge in [0.2, 0.25) is 0 Å².